The van der Waals surface area contributed by atoms with Crippen LogP contribution in [0.25, 0.3) is 0 Å². The Morgan fingerprint density at radius 2 is 2.06 bits per heavy atom. The van der Waals surface area contributed by atoms with Gasteiger partial charge in [0.15, 0.2) is 0 Å². The topological polar surface area (TPSA) is 12.0 Å². The van der Waals surface area contributed by atoms with E-state index in [1.165, 1.54) is 37.8 Å². The van der Waals surface area contributed by atoms with Crippen LogP contribution >= 0.6 is 11.6 Å². The summed E-state index contributed by atoms with van der Waals surface area (Å²) in [5, 5.41) is 3.76. The number of hydrogen-bond donors (Lipinski definition) is 1. The first-order chi connectivity index (χ1) is 8.19. The predicted molar refractivity (Wildman–Crippen MR) is 72.0 cm³/mol. The lowest BCUT2D eigenvalue weighted by molar-refractivity contribution is 0.504. The Balaban J connectivity index is 2.59. The van der Waals surface area contributed by atoms with Crippen LogP contribution in [0.2, 0.25) is 5.02 Å². The maximum Gasteiger partial charge on any atom is 0.124 e. The summed E-state index contributed by atoms with van der Waals surface area (Å²) in [4.78, 5) is 0. The van der Waals surface area contributed by atoms with E-state index in [1.54, 1.807) is 6.07 Å². The lowest BCUT2D eigenvalue weighted by Crippen LogP contribution is -2.16. The number of rotatable bonds is 7. The Morgan fingerprint density at radius 3 is 2.65 bits per heavy atom. The smallest absolute Gasteiger partial charge is 0.124 e. The summed E-state index contributed by atoms with van der Waals surface area (Å²) in [6, 6.07) is 4.85. The van der Waals surface area contributed by atoms with Crippen LogP contribution in [0, 0.1) is 5.82 Å². The van der Waals surface area contributed by atoms with Gasteiger partial charge >= 0.3 is 0 Å². The van der Waals surface area contributed by atoms with Crippen LogP contribution in [0.3, 0.4) is 0 Å². The molecule has 0 heterocycles. The molecule has 3 heteroatoms. The van der Waals surface area contributed by atoms with Gasteiger partial charge < -0.3 is 5.32 Å². The Bertz CT molecular complexity index is 341. The van der Waals surface area contributed by atoms with Gasteiger partial charge in [-0.05, 0) is 31.2 Å². The Morgan fingerprint density at radius 1 is 1.29 bits per heavy atom. The van der Waals surface area contributed by atoms with Crippen LogP contribution < -0.4 is 5.32 Å². The van der Waals surface area contributed by atoms with Crippen molar-refractivity contribution >= 4 is 11.6 Å². The van der Waals surface area contributed by atoms with Crippen molar-refractivity contribution in [2.75, 3.05) is 7.05 Å². The van der Waals surface area contributed by atoms with E-state index in [2.05, 4.69) is 12.2 Å². The van der Waals surface area contributed by atoms with E-state index in [-0.39, 0.29) is 11.9 Å². The van der Waals surface area contributed by atoms with Crippen molar-refractivity contribution in [3.63, 3.8) is 0 Å². The van der Waals surface area contributed by atoms with Gasteiger partial charge in [-0.1, -0.05) is 50.3 Å². The third-order valence-corrected chi connectivity index (χ3v) is 3.36. The van der Waals surface area contributed by atoms with Gasteiger partial charge in [-0.25, -0.2) is 4.39 Å². The molecule has 1 nitrogen and oxygen atoms in total. The molecule has 1 unspecified atom stereocenters. The molecule has 1 rings (SSSR count). The minimum atomic E-state index is -0.278. The number of halogens is 2. The minimum absolute atomic E-state index is 0.222. The summed E-state index contributed by atoms with van der Waals surface area (Å²) in [5.41, 5.74) is 0.993. The van der Waals surface area contributed by atoms with E-state index in [9.17, 15) is 4.39 Å². The van der Waals surface area contributed by atoms with Gasteiger partial charge in [0, 0.05) is 11.1 Å². The quantitative estimate of drug-likeness (QED) is 0.698. The first-order valence-electron chi connectivity index (χ1n) is 6.31. The van der Waals surface area contributed by atoms with Gasteiger partial charge in [-0.15, -0.1) is 0 Å². The van der Waals surface area contributed by atoms with E-state index in [0.717, 1.165) is 12.0 Å². The van der Waals surface area contributed by atoms with Gasteiger partial charge in [0.25, 0.3) is 0 Å². The third kappa shape index (κ3) is 4.64. The predicted octanol–water partition coefficient (Wildman–Crippen LogP) is 4.71. The van der Waals surface area contributed by atoms with Crippen molar-refractivity contribution in [2.24, 2.45) is 0 Å². The van der Waals surface area contributed by atoms with Crippen molar-refractivity contribution in [1.29, 1.82) is 0 Å². The molecular weight excluding hydrogens is 237 g/mol. The fourth-order valence-corrected chi connectivity index (χ4v) is 2.31. The summed E-state index contributed by atoms with van der Waals surface area (Å²) in [5.74, 6) is -0.278. The average molecular weight is 258 g/mol. The molecule has 0 bridgehead atoms. The summed E-state index contributed by atoms with van der Waals surface area (Å²) in [6.45, 7) is 2.20. The first-order valence-corrected chi connectivity index (χ1v) is 6.69. The molecule has 0 aliphatic heterocycles. The molecule has 0 radical (unpaired) electrons. The van der Waals surface area contributed by atoms with Gasteiger partial charge in [0.05, 0.1) is 0 Å². The van der Waals surface area contributed by atoms with Crippen LogP contribution in [-0.4, -0.2) is 7.05 Å². The van der Waals surface area contributed by atoms with Crippen LogP contribution in [-0.2, 0) is 0 Å². The molecule has 96 valence electrons. The van der Waals surface area contributed by atoms with E-state index in [1.807, 2.05) is 7.05 Å². The fraction of sp³-hybridized carbons (Fsp3) is 0.571. The summed E-state index contributed by atoms with van der Waals surface area (Å²) < 4.78 is 13.0. The molecule has 0 saturated heterocycles. The second-order valence-electron chi connectivity index (χ2n) is 4.36. The highest BCUT2D eigenvalue weighted by Gasteiger charge is 2.12. The van der Waals surface area contributed by atoms with E-state index in [0.29, 0.717) is 5.02 Å². The number of nitrogens with one attached hydrogen (secondary N) is 1. The minimum Gasteiger partial charge on any atom is -0.313 e. The molecule has 1 aromatic carbocycles. The fourth-order valence-electron chi connectivity index (χ4n) is 2.01. The maximum atomic E-state index is 13.0. The molecule has 1 aromatic rings. The molecule has 0 aromatic heterocycles. The van der Waals surface area contributed by atoms with Gasteiger partial charge in [0.1, 0.15) is 5.82 Å². The lowest BCUT2D eigenvalue weighted by atomic mass is 10.00. The van der Waals surface area contributed by atoms with Crippen molar-refractivity contribution in [2.45, 2.75) is 45.1 Å². The molecular formula is C14H21ClFN. The standard InChI is InChI=1S/C14H21ClFN/c1-3-4-5-6-7-14(17-2)12-9-8-11(16)10-13(12)15/h8-10,14,17H,3-7H2,1-2H3. The Hall–Kier alpha value is -0.600. The van der Waals surface area contributed by atoms with Crippen molar-refractivity contribution in [1.82, 2.24) is 5.32 Å². The molecule has 0 aliphatic carbocycles. The molecule has 0 saturated carbocycles. The third-order valence-electron chi connectivity index (χ3n) is 3.03. The zero-order valence-electron chi connectivity index (χ0n) is 10.6. The monoisotopic (exact) mass is 257 g/mol. The van der Waals surface area contributed by atoms with Crippen LogP contribution in [0.15, 0.2) is 18.2 Å². The average Bonchev–Trinajstić information content (AvgIpc) is 2.31. The molecule has 0 fully saturated rings. The molecule has 17 heavy (non-hydrogen) atoms. The molecule has 1 atom stereocenters. The summed E-state index contributed by atoms with van der Waals surface area (Å²) in [7, 11) is 1.92. The number of benzene rings is 1. The van der Waals surface area contributed by atoms with Crippen molar-refractivity contribution < 1.29 is 4.39 Å². The largest absolute Gasteiger partial charge is 0.313 e. The zero-order chi connectivity index (χ0) is 12.7. The second kappa shape index (κ2) is 7.67. The summed E-state index contributed by atoms with van der Waals surface area (Å²) in [6.07, 6.45) is 5.97. The van der Waals surface area contributed by atoms with Crippen molar-refractivity contribution in [3.8, 4) is 0 Å². The normalized spacial score (nSPS) is 12.7. The number of unbranched alkanes of at least 4 members (excludes halogenated alkanes) is 3. The molecule has 1 N–H and O–H groups in total. The molecule has 0 spiro atoms. The van der Waals surface area contributed by atoms with Crippen molar-refractivity contribution in [3.05, 3.63) is 34.6 Å². The second-order valence-corrected chi connectivity index (χ2v) is 4.76. The number of hydrogen-bond acceptors (Lipinski definition) is 1. The highest BCUT2D eigenvalue weighted by atomic mass is 35.5. The van der Waals surface area contributed by atoms with Crippen LogP contribution in [0.5, 0.6) is 0 Å². The zero-order valence-corrected chi connectivity index (χ0v) is 11.4. The summed E-state index contributed by atoms with van der Waals surface area (Å²) >= 11 is 6.06. The highest BCUT2D eigenvalue weighted by Crippen LogP contribution is 2.27. The molecule has 0 amide bonds. The van der Waals surface area contributed by atoms with Gasteiger partial charge in [0.2, 0.25) is 0 Å². The van der Waals surface area contributed by atoms with Crippen LogP contribution in [0.4, 0.5) is 4.39 Å². The van der Waals surface area contributed by atoms with E-state index in [4.69, 9.17) is 11.6 Å². The van der Waals surface area contributed by atoms with Gasteiger partial charge in [-0.2, -0.15) is 0 Å². The lowest BCUT2D eigenvalue weighted by Gasteiger charge is -2.18. The first kappa shape index (κ1) is 14.5. The van der Waals surface area contributed by atoms with E-state index < -0.39 is 0 Å². The Kier molecular flexibility index (Phi) is 6.53. The maximum absolute atomic E-state index is 13.0. The SMILES string of the molecule is CCCCCCC(NC)c1ccc(F)cc1Cl. The highest BCUT2D eigenvalue weighted by molar-refractivity contribution is 6.31. The Labute approximate surface area is 108 Å². The van der Waals surface area contributed by atoms with Gasteiger partial charge in [-0.3, -0.25) is 0 Å². The van der Waals surface area contributed by atoms with E-state index >= 15 is 0 Å². The molecule has 0 aliphatic rings. The van der Waals surface area contributed by atoms with Crippen LogP contribution in [0.1, 0.15) is 50.6 Å².